The number of benzene rings is 1. The average molecular weight is 458 g/mol. The number of ether oxygens (including phenoxy) is 4. The number of carbonyl (C=O) groups excluding carboxylic acids is 3. The Kier molecular flexibility index (Phi) is 7.92. The van der Waals surface area contributed by atoms with Crippen molar-refractivity contribution in [2.45, 2.75) is 33.1 Å². The fraction of sp³-hybridized carbons (Fsp3) is 0.480. The molecule has 1 aliphatic heterocycles. The van der Waals surface area contributed by atoms with E-state index in [1.165, 1.54) is 14.2 Å². The van der Waals surface area contributed by atoms with E-state index in [1.54, 1.807) is 6.92 Å². The van der Waals surface area contributed by atoms with Crippen LogP contribution < -0.4 is 10.1 Å². The van der Waals surface area contributed by atoms with E-state index >= 15 is 0 Å². The molecule has 1 N–H and O–H groups in total. The molecule has 0 bridgehead atoms. The number of nitrogens with one attached hydrogen (secondary N) is 1. The molecule has 0 saturated heterocycles. The van der Waals surface area contributed by atoms with Crippen molar-refractivity contribution < 1.29 is 33.3 Å². The van der Waals surface area contributed by atoms with Crippen LogP contribution in [-0.4, -0.2) is 51.8 Å². The molecular formula is C25H31NO7. The maximum atomic E-state index is 13.7. The number of allylic oxidation sites excluding steroid dienone is 3. The van der Waals surface area contributed by atoms with Gasteiger partial charge in [0, 0.05) is 30.0 Å². The van der Waals surface area contributed by atoms with E-state index < -0.39 is 23.8 Å². The highest BCUT2D eigenvalue weighted by Crippen LogP contribution is 2.45. The molecule has 1 aromatic carbocycles. The Morgan fingerprint density at radius 1 is 1.18 bits per heavy atom. The zero-order valence-electron chi connectivity index (χ0n) is 19.7. The fourth-order valence-corrected chi connectivity index (χ4v) is 4.53. The third-order valence-electron chi connectivity index (χ3n) is 5.99. The Bertz CT molecular complexity index is 994. The summed E-state index contributed by atoms with van der Waals surface area (Å²) in [5, 5.41) is 3.24. The predicted molar refractivity (Wildman–Crippen MR) is 120 cm³/mol. The summed E-state index contributed by atoms with van der Waals surface area (Å²) in [6.45, 7) is 6.34. The van der Waals surface area contributed by atoms with Crippen LogP contribution in [0.5, 0.6) is 5.75 Å². The highest BCUT2D eigenvalue weighted by Gasteiger charge is 2.47. The number of rotatable bonds is 8. The van der Waals surface area contributed by atoms with Crippen LogP contribution in [0.1, 0.15) is 38.7 Å². The van der Waals surface area contributed by atoms with Gasteiger partial charge < -0.3 is 24.3 Å². The summed E-state index contributed by atoms with van der Waals surface area (Å²) in [7, 11) is 2.80. The van der Waals surface area contributed by atoms with Crippen molar-refractivity contribution in [3.63, 3.8) is 0 Å². The van der Waals surface area contributed by atoms with Gasteiger partial charge in [0.05, 0.1) is 25.9 Å². The van der Waals surface area contributed by atoms with Crippen molar-refractivity contribution in [3.8, 4) is 5.75 Å². The summed E-state index contributed by atoms with van der Waals surface area (Å²) < 4.78 is 21.0. The molecule has 0 radical (unpaired) electrons. The zero-order valence-corrected chi connectivity index (χ0v) is 19.7. The van der Waals surface area contributed by atoms with Gasteiger partial charge in [0.25, 0.3) is 0 Å². The smallest absolute Gasteiger partial charge is 0.336 e. The summed E-state index contributed by atoms with van der Waals surface area (Å²) in [5.74, 6) is -2.71. The summed E-state index contributed by atoms with van der Waals surface area (Å²) in [6.07, 6.45) is 0.478. The second-order valence-electron chi connectivity index (χ2n) is 8.17. The van der Waals surface area contributed by atoms with Crippen molar-refractivity contribution >= 4 is 17.7 Å². The summed E-state index contributed by atoms with van der Waals surface area (Å²) in [6, 6.07) is 7.30. The minimum atomic E-state index is -0.933. The predicted octanol–water partition coefficient (Wildman–Crippen LogP) is 2.89. The lowest BCUT2D eigenvalue weighted by Gasteiger charge is -2.38. The second-order valence-corrected chi connectivity index (χ2v) is 8.17. The normalized spacial score (nSPS) is 22.5. The number of carbonyl (C=O) groups is 3. The van der Waals surface area contributed by atoms with Gasteiger partial charge in [-0.3, -0.25) is 9.59 Å². The van der Waals surface area contributed by atoms with E-state index in [-0.39, 0.29) is 24.9 Å². The van der Waals surface area contributed by atoms with Gasteiger partial charge in [0.15, 0.2) is 5.78 Å². The Hall–Kier alpha value is -3.13. The molecule has 8 heteroatoms. The van der Waals surface area contributed by atoms with Crippen LogP contribution in [0.3, 0.4) is 0 Å². The van der Waals surface area contributed by atoms with E-state index in [9.17, 15) is 14.4 Å². The lowest BCUT2D eigenvalue weighted by Crippen LogP contribution is -2.43. The van der Waals surface area contributed by atoms with Crippen molar-refractivity contribution in [1.82, 2.24) is 5.32 Å². The number of hydrogen-bond donors (Lipinski definition) is 1. The molecule has 3 atom stereocenters. The summed E-state index contributed by atoms with van der Waals surface area (Å²) in [5.41, 5.74) is 2.75. The Labute approximate surface area is 193 Å². The molecule has 0 saturated carbocycles. The van der Waals surface area contributed by atoms with Gasteiger partial charge in [-0.25, -0.2) is 4.79 Å². The Balaban J connectivity index is 2.13. The number of Topliss-reactive ketones (excluding diaryl/α,β-unsaturated/α-hetero) is 1. The Morgan fingerprint density at radius 3 is 2.61 bits per heavy atom. The summed E-state index contributed by atoms with van der Waals surface area (Å²) >= 11 is 0. The molecule has 2 aliphatic rings. The van der Waals surface area contributed by atoms with Crippen molar-refractivity contribution in [1.29, 1.82) is 0 Å². The number of dihydropyridines is 1. The molecule has 0 fully saturated rings. The van der Waals surface area contributed by atoms with E-state index in [0.717, 1.165) is 0 Å². The highest BCUT2D eigenvalue weighted by molar-refractivity contribution is 6.12. The second kappa shape index (κ2) is 10.7. The van der Waals surface area contributed by atoms with Crippen molar-refractivity contribution in [2.24, 2.45) is 11.8 Å². The molecule has 0 amide bonds. The Morgan fingerprint density at radius 2 is 1.94 bits per heavy atom. The van der Waals surface area contributed by atoms with Gasteiger partial charge in [-0.1, -0.05) is 19.1 Å². The molecule has 1 aliphatic carbocycles. The number of ketones is 1. The minimum absolute atomic E-state index is 0.0828. The zero-order chi connectivity index (χ0) is 24.1. The first kappa shape index (κ1) is 24.5. The molecule has 3 rings (SSSR count). The molecule has 1 heterocycles. The van der Waals surface area contributed by atoms with Crippen LogP contribution in [-0.2, 0) is 28.6 Å². The van der Waals surface area contributed by atoms with E-state index in [2.05, 4.69) is 5.32 Å². The molecule has 0 aromatic heterocycles. The fourth-order valence-electron chi connectivity index (χ4n) is 4.53. The van der Waals surface area contributed by atoms with Crippen LogP contribution >= 0.6 is 0 Å². The van der Waals surface area contributed by atoms with E-state index in [1.807, 2.05) is 38.1 Å². The SMILES string of the molecule is CCOc1cccc([C@H]2C(C(=O)OCCOC)=C(C)NC3=C2C(=O)[C@@H](C(=O)OC)[C@H](C)C3)c1. The standard InChI is InChI=1S/C25H31NO7/c1-6-32-17-9-7-8-16(13-17)21-20(25(29)33-11-10-30-4)15(3)26-18-12-14(2)19(24(28)31-5)23(27)22(18)21/h7-9,13-14,19,21,26H,6,10-12H2,1-5H3/t14-,19+,21+/m1/s1. The third kappa shape index (κ3) is 4.95. The first-order chi connectivity index (χ1) is 15.8. The molecule has 0 unspecified atom stereocenters. The van der Waals surface area contributed by atoms with E-state index in [0.29, 0.717) is 46.9 Å². The quantitative estimate of drug-likeness (QED) is 0.361. The molecule has 8 nitrogen and oxygen atoms in total. The van der Waals surface area contributed by atoms with Crippen LogP contribution in [0, 0.1) is 11.8 Å². The van der Waals surface area contributed by atoms with Gasteiger partial charge in [0.2, 0.25) is 0 Å². The molecular weight excluding hydrogens is 426 g/mol. The topological polar surface area (TPSA) is 100 Å². The van der Waals surface area contributed by atoms with Crippen molar-refractivity contribution in [3.05, 3.63) is 52.4 Å². The van der Waals surface area contributed by atoms with Crippen LogP contribution in [0.15, 0.2) is 46.8 Å². The third-order valence-corrected chi connectivity index (χ3v) is 5.99. The van der Waals surface area contributed by atoms with Crippen molar-refractivity contribution in [2.75, 3.05) is 34.0 Å². The average Bonchev–Trinajstić information content (AvgIpc) is 2.78. The number of hydrogen-bond acceptors (Lipinski definition) is 8. The van der Waals surface area contributed by atoms with Gasteiger partial charge in [-0.2, -0.15) is 0 Å². The van der Waals surface area contributed by atoms with E-state index in [4.69, 9.17) is 18.9 Å². The number of esters is 2. The first-order valence-corrected chi connectivity index (χ1v) is 11.1. The minimum Gasteiger partial charge on any atom is -0.494 e. The van der Waals surface area contributed by atoms with Gasteiger partial charge >= 0.3 is 11.9 Å². The van der Waals surface area contributed by atoms with Crippen LogP contribution in [0.25, 0.3) is 0 Å². The lowest BCUT2D eigenvalue weighted by atomic mass is 9.69. The van der Waals surface area contributed by atoms with Gasteiger partial charge in [-0.05, 0) is 43.9 Å². The van der Waals surface area contributed by atoms with Gasteiger partial charge in [0.1, 0.15) is 18.3 Å². The van der Waals surface area contributed by atoms with Crippen LogP contribution in [0.2, 0.25) is 0 Å². The molecule has 178 valence electrons. The summed E-state index contributed by atoms with van der Waals surface area (Å²) in [4.78, 5) is 39.3. The number of methoxy groups -OCH3 is 2. The molecule has 1 aromatic rings. The lowest BCUT2D eigenvalue weighted by molar-refractivity contribution is -0.151. The maximum absolute atomic E-state index is 13.7. The highest BCUT2D eigenvalue weighted by atomic mass is 16.6. The molecule has 33 heavy (non-hydrogen) atoms. The monoisotopic (exact) mass is 457 g/mol. The first-order valence-electron chi connectivity index (χ1n) is 11.1. The largest absolute Gasteiger partial charge is 0.494 e. The maximum Gasteiger partial charge on any atom is 0.336 e. The molecule has 0 spiro atoms. The van der Waals surface area contributed by atoms with Crippen LogP contribution in [0.4, 0.5) is 0 Å². The van der Waals surface area contributed by atoms with Gasteiger partial charge in [-0.15, -0.1) is 0 Å².